The molecule has 5 nitrogen and oxygen atoms in total. The number of aryl methyl sites for hydroxylation is 1. The van der Waals surface area contributed by atoms with Crippen LogP contribution in [0.3, 0.4) is 0 Å². The molecule has 0 saturated carbocycles. The molecule has 1 amide bonds. The number of thiophene rings is 1. The van der Waals surface area contributed by atoms with Crippen LogP contribution in [-0.2, 0) is 17.6 Å². The monoisotopic (exact) mass is 336 g/mol. The number of carbonyl (C=O) groups excluding carboxylic acids is 1. The molecule has 2 heterocycles. The van der Waals surface area contributed by atoms with Gasteiger partial charge in [-0.05, 0) is 43.1 Å². The van der Waals surface area contributed by atoms with Gasteiger partial charge in [0.05, 0.1) is 12.1 Å². The van der Waals surface area contributed by atoms with Crippen molar-refractivity contribution in [3.8, 4) is 0 Å². The van der Waals surface area contributed by atoms with Crippen molar-refractivity contribution >= 4 is 28.2 Å². The minimum Gasteiger partial charge on any atom is -0.478 e. The number of nitrogens with zero attached hydrogens (tertiary/aromatic N) is 1. The first-order valence-electron chi connectivity index (χ1n) is 8.34. The zero-order chi connectivity index (χ0) is 16.6. The van der Waals surface area contributed by atoms with Crippen molar-refractivity contribution in [1.82, 2.24) is 4.90 Å². The zero-order valence-corrected chi connectivity index (χ0v) is 14.5. The van der Waals surface area contributed by atoms with Gasteiger partial charge in [-0.15, -0.1) is 11.3 Å². The molecule has 2 aliphatic rings. The Kier molecular flexibility index (Phi) is 4.73. The molecule has 0 spiro atoms. The predicted molar refractivity (Wildman–Crippen MR) is 91.3 cm³/mol. The number of carbonyl (C=O) groups is 2. The van der Waals surface area contributed by atoms with Crippen molar-refractivity contribution in [3.05, 3.63) is 16.0 Å². The van der Waals surface area contributed by atoms with E-state index in [1.165, 1.54) is 17.8 Å². The number of amides is 1. The third kappa shape index (κ3) is 3.58. The summed E-state index contributed by atoms with van der Waals surface area (Å²) in [6.45, 7) is 6.64. The van der Waals surface area contributed by atoms with Crippen LogP contribution in [0, 0.1) is 11.8 Å². The Morgan fingerprint density at radius 2 is 1.96 bits per heavy atom. The van der Waals surface area contributed by atoms with Gasteiger partial charge >= 0.3 is 5.97 Å². The van der Waals surface area contributed by atoms with Crippen molar-refractivity contribution in [1.29, 1.82) is 0 Å². The van der Waals surface area contributed by atoms with Crippen molar-refractivity contribution < 1.29 is 14.7 Å². The summed E-state index contributed by atoms with van der Waals surface area (Å²) < 4.78 is 0. The quantitative estimate of drug-likeness (QED) is 0.887. The zero-order valence-electron chi connectivity index (χ0n) is 13.7. The van der Waals surface area contributed by atoms with Gasteiger partial charge in [-0.3, -0.25) is 9.69 Å². The summed E-state index contributed by atoms with van der Waals surface area (Å²) in [5.74, 6) is 0.173. The van der Waals surface area contributed by atoms with Crippen LogP contribution in [0.25, 0.3) is 0 Å². The van der Waals surface area contributed by atoms with E-state index in [9.17, 15) is 14.7 Å². The summed E-state index contributed by atoms with van der Waals surface area (Å²) >= 11 is 1.44. The second-order valence-corrected chi connectivity index (χ2v) is 8.16. The van der Waals surface area contributed by atoms with E-state index < -0.39 is 5.97 Å². The van der Waals surface area contributed by atoms with E-state index in [0.717, 1.165) is 42.8 Å². The maximum Gasteiger partial charge on any atom is 0.339 e. The van der Waals surface area contributed by atoms with Crippen molar-refractivity contribution in [3.63, 3.8) is 0 Å². The van der Waals surface area contributed by atoms with Gasteiger partial charge < -0.3 is 10.4 Å². The number of anilines is 1. The molecule has 2 atom stereocenters. The number of carboxylic acids is 1. The van der Waals surface area contributed by atoms with Crippen LogP contribution in [0.5, 0.6) is 0 Å². The molecule has 2 N–H and O–H groups in total. The molecule has 1 aliphatic carbocycles. The van der Waals surface area contributed by atoms with Gasteiger partial charge in [0.25, 0.3) is 0 Å². The van der Waals surface area contributed by atoms with Gasteiger partial charge in [0.1, 0.15) is 5.00 Å². The molecule has 1 saturated heterocycles. The van der Waals surface area contributed by atoms with Crippen LogP contribution in [0.4, 0.5) is 5.00 Å². The topological polar surface area (TPSA) is 69.6 Å². The molecular formula is C17H24N2O3S. The van der Waals surface area contributed by atoms with Crippen LogP contribution in [0.1, 0.15) is 47.5 Å². The fourth-order valence-corrected chi connectivity index (χ4v) is 5.31. The van der Waals surface area contributed by atoms with E-state index in [1.807, 2.05) is 0 Å². The van der Waals surface area contributed by atoms with Crippen molar-refractivity contribution in [2.24, 2.45) is 11.8 Å². The third-order valence-electron chi connectivity index (χ3n) is 4.70. The highest BCUT2D eigenvalue weighted by Gasteiger charge is 2.28. The van der Waals surface area contributed by atoms with E-state index in [2.05, 4.69) is 24.1 Å². The van der Waals surface area contributed by atoms with E-state index in [0.29, 0.717) is 28.9 Å². The smallest absolute Gasteiger partial charge is 0.339 e. The molecule has 126 valence electrons. The first-order chi connectivity index (χ1) is 10.9. The summed E-state index contributed by atoms with van der Waals surface area (Å²) in [6, 6.07) is 0. The van der Waals surface area contributed by atoms with E-state index in [4.69, 9.17) is 0 Å². The van der Waals surface area contributed by atoms with Crippen LogP contribution in [0.15, 0.2) is 0 Å². The van der Waals surface area contributed by atoms with E-state index in [1.54, 1.807) is 0 Å². The summed E-state index contributed by atoms with van der Waals surface area (Å²) in [6.07, 6.45) is 3.96. The van der Waals surface area contributed by atoms with Gasteiger partial charge in [0.2, 0.25) is 5.91 Å². The molecule has 1 aromatic heterocycles. The maximum absolute atomic E-state index is 12.4. The molecule has 1 fully saturated rings. The molecule has 6 heteroatoms. The van der Waals surface area contributed by atoms with Gasteiger partial charge in [0, 0.05) is 18.0 Å². The largest absolute Gasteiger partial charge is 0.478 e. The lowest BCUT2D eigenvalue weighted by Crippen LogP contribution is -2.42. The van der Waals surface area contributed by atoms with Crippen LogP contribution in [-0.4, -0.2) is 41.5 Å². The lowest BCUT2D eigenvalue weighted by molar-refractivity contribution is -0.117. The minimum atomic E-state index is -0.931. The van der Waals surface area contributed by atoms with Gasteiger partial charge in [0.15, 0.2) is 0 Å². The highest BCUT2D eigenvalue weighted by molar-refractivity contribution is 7.17. The Labute approximate surface area is 140 Å². The van der Waals surface area contributed by atoms with E-state index in [-0.39, 0.29) is 5.91 Å². The number of nitrogens with one attached hydrogen (secondary N) is 1. The van der Waals surface area contributed by atoms with Crippen LogP contribution in [0.2, 0.25) is 0 Å². The first kappa shape index (κ1) is 16.5. The number of fused-ring (bicyclic) bond motifs is 1. The number of likely N-dealkylation sites (tertiary alicyclic amines) is 1. The molecule has 1 aliphatic heterocycles. The molecule has 2 unspecified atom stereocenters. The first-order valence-corrected chi connectivity index (χ1v) is 9.15. The third-order valence-corrected chi connectivity index (χ3v) is 5.91. The second kappa shape index (κ2) is 6.61. The molecule has 0 bridgehead atoms. The van der Waals surface area contributed by atoms with Gasteiger partial charge in [-0.25, -0.2) is 4.79 Å². The lowest BCUT2D eigenvalue weighted by Gasteiger charge is -2.34. The normalized spacial score (nSPS) is 24.4. The van der Waals surface area contributed by atoms with Gasteiger partial charge in [-0.1, -0.05) is 13.8 Å². The molecule has 23 heavy (non-hydrogen) atoms. The highest BCUT2D eigenvalue weighted by Crippen LogP contribution is 2.39. The molecule has 0 aromatic carbocycles. The maximum atomic E-state index is 12.4. The predicted octanol–water partition coefficient (Wildman–Crippen LogP) is 2.85. The van der Waals surface area contributed by atoms with Crippen molar-refractivity contribution in [2.45, 2.75) is 39.5 Å². The second-order valence-electron chi connectivity index (χ2n) is 7.05. The minimum absolute atomic E-state index is 0.103. The number of hydrogen-bond donors (Lipinski definition) is 2. The Bertz CT molecular complexity index is 616. The number of rotatable bonds is 4. The Morgan fingerprint density at radius 3 is 2.61 bits per heavy atom. The number of piperidine rings is 1. The van der Waals surface area contributed by atoms with Crippen LogP contribution >= 0.6 is 11.3 Å². The van der Waals surface area contributed by atoms with Crippen molar-refractivity contribution in [2.75, 3.05) is 25.0 Å². The molecule has 0 radical (unpaired) electrons. The number of hydrogen-bond acceptors (Lipinski definition) is 4. The summed E-state index contributed by atoms with van der Waals surface area (Å²) in [5.41, 5.74) is 1.24. The highest BCUT2D eigenvalue weighted by atomic mass is 32.1. The average Bonchev–Trinajstić information content (AvgIpc) is 2.96. The fourth-order valence-electron chi connectivity index (χ4n) is 4.01. The standard InChI is InChI=1S/C17H24N2O3S/c1-10-6-11(2)8-19(7-10)9-14(20)18-16-15(17(21)22)12-4-3-5-13(12)23-16/h10-11H,3-9H2,1-2H3,(H,18,20)(H,21,22). The Hall–Kier alpha value is -1.40. The molecular weight excluding hydrogens is 312 g/mol. The van der Waals surface area contributed by atoms with E-state index >= 15 is 0 Å². The molecule has 1 aromatic rings. The summed E-state index contributed by atoms with van der Waals surface area (Å²) in [5, 5.41) is 12.8. The lowest BCUT2D eigenvalue weighted by atomic mass is 9.92. The van der Waals surface area contributed by atoms with Gasteiger partial charge in [-0.2, -0.15) is 0 Å². The van der Waals surface area contributed by atoms with Crippen LogP contribution < -0.4 is 5.32 Å². The SMILES string of the molecule is CC1CC(C)CN(CC(=O)Nc2sc3c(c2C(=O)O)CCC3)C1. The molecule has 3 rings (SSSR count). The summed E-state index contributed by atoms with van der Waals surface area (Å²) in [7, 11) is 0. The number of aromatic carboxylic acids is 1. The number of carboxylic acid groups (broad SMARTS) is 1. The fraction of sp³-hybridized carbons (Fsp3) is 0.647. The Balaban J connectivity index is 1.68. The Morgan fingerprint density at radius 1 is 1.26 bits per heavy atom. The average molecular weight is 336 g/mol. The summed E-state index contributed by atoms with van der Waals surface area (Å²) in [4.78, 5) is 27.2.